The molecule has 2 atom stereocenters. The summed E-state index contributed by atoms with van der Waals surface area (Å²) in [6.07, 6.45) is 4.38. The summed E-state index contributed by atoms with van der Waals surface area (Å²) in [5.74, 6) is 0.898. The summed E-state index contributed by atoms with van der Waals surface area (Å²) in [5, 5.41) is 13.5. The van der Waals surface area contributed by atoms with Crippen molar-refractivity contribution in [3.63, 3.8) is 0 Å². The molecule has 0 radical (unpaired) electrons. The second-order valence-corrected chi connectivity index (χ2v) is 4.56. The first kappa shape index (κ1) is 10.4. The lowest BCUT2D eigenvalue weighted by Crippen LogP contribution is -2.40. The maximum absolute atomic E-state index is 10.2. The maximum Gasteiger partial charge on any atom is 0.0619 e. The molecule has 0 amide bonds. The molecule has 2 heterocycles. The highest BCUT2D eigenvalue weighted by Crippen LogP contribution is 2.27. The van der Waals surface area contributed by atoms with Crippen molar-refractivity contribution in [2.45, 2.75) is 31.8 Å². The molecule has 2 unspecified atom stereocenters. The van der Waals surface area contributed by atoms with E-state index in [9.17, 15) is 5.11 Å². The van der Waals surface area contributed by atoms with E-state index in [0.717, 1.165) is 52.0 Å². The third-order valence-corrected chi connectivity index (χ3v) is 3.55. The van der Waals surface area contributed by atoms with Crippen molar-refractivity contribution in [1.29, 1.82) is 0 Å². The summed E-state index contributed by atoms with van der Waals surface area (Å²) >= 11 is 0. The van der Waals surface area contributed by atoms with Gasteiger partial charge in [-0.3, -0.25) is 0 Å². The molecule has 2 N–H and O–H groups in total. The molecule has 2 rings (SSSR count). The lowest BCUT2D eigenvalue weighted by Gasteiger charge is -2.34. The Labute approximate surface area is 85.8 Å². The normalized spacial score (nSPS) is 32.8. The zero-order chi connectivity index (χ0) is 9.80. The van der Waals surface area contributed by atoms with Crippen LogP contribution in [0.15, 0.2) is 0 Å². The third-order valence-electron chi connectivity index (χ3n) is 3.55. The van der Waals surface area contributed by atoms with E-state index < -0.39 is 0 Å². The average molecular weight is 199 g/mol. The van der Waals surface area contributed by atoms with Crippen molar-refractivity contribution in [3.05, 3.63) is 0 Å². The molecule has 3 nitrogen and oxygen atoms in total. The Morgan fingerprint density at radius 3 is 2.57 bits per heavy atom. The topological polar surface area (TPSA) is 41.5 Å². The summed E-state index contributed by atoms with van der Waals surface area (Å²) in [5.41, 5.74) is 0. The largest absolute Gasteiger partial charge is 0.392 e. The lowest BCUT2D eigenvalue weighted by molar-refractivity contribution is -0.0384. The second-order valence-electron chi connectivity index (χ2n) is 4.56. The minimum atomic E-state index is -0.127. The molecule has 2 fully saturated rings. The SMILES string of the molecule is OC(C1CCNCC1)C1CCCOC1. The first-order valence-corrected chi connectivity index (χ1v) is 5.84. The molecular formula is C11H21NO2. The van der Waals surface area contributed by atoms with Crippen LogP contribution in [0.25, 0.3) is 0 Å². The van der Waals surface area contributed by atoms with Crippen LogP contribution in [0.5, 0.6) is 0 Å². The van der Waals surface area contributed by atoms with E-state index in [1.54, 1.807) is 0 Å². The van der Waals surface area contributed by atoms with Crippen molar-refractivity contribution in [1.82, 2.24) is 5.32 Å². The summed E-state index contributed by atoms with van der Waals surface area (Å²) in [4.78, 5) is 0. The molecule has 0 spiro atoms. The van der Waals surface area contributed by atoms with Gasteiger partial charge in [0.25, 0.3) is 0 Å². The Morgan fingerprint density at radius 2 is 1.93 bits per heavy atom. The third kappa shape index (κ3) is 2.47. The Kier molecular flexibility index (Phi) is 3.79. The highest BCUT2D eigenvalue weighted by atomic mass is 16.5. The minimum Gasteiger partial charge on any atom is -0.392 e. The van der Waals surface area contributed by atoms with Crippen LogP contribution < -0.4 is 5.32 Å². The van der Waals surface area contributed by atoms with Crippen LogP contribution in [-0.2, 0) is 4.74 Å². The Balaban J connectivity index is 1.82. The van der Waals surface area contributed by atoms with Gasteiger partial charge in [-0.15, -0.1) is 0 Å². The molecule has 0 aromatic heterocycles. The van der Waals surface area contributed by atoms with Gasteiger partial charge in [0, 0.05) is 12.5 Å². The molecule has 0 bridgehead atoms. The Hall–Kier alpha value is -0.120. The number of aliphatic hydroxyl groups is 1. The van der Waals surface area contributed by atoms with Gasteiger partial charge in [0.15, 0.2) is 0 Å². The van der Waals surface area contributed by atoms with E-state index in [0.29, 0.717) is 11.8 Å². The van der Waals surface area contributed by atoms with Crippen LogP contribution in [0.3, 0.4) is 0 Å². The molecule has 0 aromatic carbocycles. The molecule has 0 saturated carbocycles. The van der Waals surface area contributed by atoms with Gasteiger partial charge in [0.2, 0.25) is 0 Å². The number of rotatable bonds is 2. The van der Waals surface area contributed by atoms with Crippen LogP contribution >= 0.6 is 0 Å². The van der Waals surface area contributed by atoms with Crippen molar-refractivity contribution in [2.24, 2.45) is 11.8 Å². The second kappa shape index (κ2) is 5.10. The average Bonchev–Trinajstić information content (AvgIpc) is 2.30. The van der Waals surface area contributed by atoms with Gasteiger partial charge in [0.1, 0.15) is 0 Å². The molecule has 3 heteroatoms. The number of ether oxygens (including phenoxy) is 1. The molecular weight excluding hydrogens is 178 g/mol. The number of hydrogen-bond donors (Lipinski definition) is 2. The zero-order valence-electron chi connectivity index (χ0n) is 8.74. The number of aliphatic hydroxyl groups excluding tert-OH is 1. The molecule has 2 aliphatic rings. The first-order valence-electron chi connectivity index (χ1n) is 5.84. The Morgan fingerprint density at radius 1 is 1.14 bits per heavy atom. The van der Waals surface area contributed by atoms with Crippen LogP contribution in [-0.4, -0.2) is 37.5 Å². The summed E-state index contributed by atoms with van der Waals surface area (Å²) < 4.78 is 5.42. The molecule has 82 valence electrons. The van der Waals surface area contributed by atoms with E-state index in [1.807, 2.05) is 0 Å². The zero-order valence-corrected chi connectivity index (χ0v) is 8.74. The molecule has 2 saturated heterocycles. The summed E-state index contributed by atoms with van der Waals surface area (Å²) in [6.45, 7) is 3.78. The quantitative estimate of drug-likeness (QED) is 0.690. The van der Waals surface area contributed by atoms with Gasteiger partial charge in [-0.05, 0) is 44.7 Å². The van der Waals surface area contributed by atoms with Gasteiger partial charge in [-0.25, -0.2) is 0 Å². The fourth-order valence-electron chi connectivity index (χ4n) is 2.61. The van der Waals surface area contributed by atoms with Crippen molar-refractivity contribution in [2.75, 3.05) is 26.3 Å². The lowest BCUT2D eigenvalue weighted by atomic mass is 9.82. The molecule has 14 heavy (non-hydrogen) atoms. The first-order chi connectivity index (χ1) is 6.88. The van der Waals surface area contributed by atoms with Crippen LogP contribution in [0.4, 0.5) is 0 Å². The van der Waals surface area contributed by atoms with Crippen molar-refractivity contribution < 1.29 is 9.84 Å². The van der Waals surface area contributed by atoms with E-state index in [1.165, 1.54) is 0 Å². The van der Waals surface area contributed by atoms with Crippen molar-refractivity contribution in [3.8, 4) is 0 Å². The summed E-state index contributed by atoms with van der Waals surface area (Å²) in [7, 11) is 0. The highest BCUT2D eigenvalue weighted by Gasteiger charge is 2.29. The van der Waals surface area contributed by atoms with Gasteiger partial charge >= 0.3 is 0 Å². The van der Waals surface area contributed by atoms with E-state index in [2.05, 4.69) is 5.32 Å². The smallest absolute Gasteiger partial charge is 0.0619 e. The minimum absolute atomic E-state index is 0.127. The van der Waals surface area contributed by atoms with Crippen LogP contribution in [0, 0.1) is 11.8 Å². The number of piperidine rings is 1. The van der Waals surface area contributed by atoms with Crippen molar-refractivity contribution >= 4 is 0 Å². The van der Waals surface area contributed by atoms with Gasteiger partial charge in [-0.1, -0.05) is 0 Å². The van der Waals surface area contributed by atoms with E-state index >= 15 is 0 Å². The van der Waals surface area contributed by atoms with E-state index in [-0.39, 0.29) is 6.10 Å². The summed E-state index contributed by atoms with van der Waals surface area (Å²) in [6, 6.07) is 0. The highest BCUT2D eigenvalue weighted by molar-refractivity contribution is 4.81. The van der Waals surface area contributed by atoms with Crippen LogP contribution in [0.2, 0.25) is 0 Å². The fraction of sp³-hybridized carbons (Fsp3) is 1.00. The Bertz CT molecular complexity index is 145. The predicted octanol–water partition coefficient (Wildman–Crippen LogP) is 0.773. The van der Waals surface area contributed by atoms with Gasteiger partial charge in [-0.2, -0.15) is 0 Å². The molecule has 0 aromatic rings. The standard InChI is InChI=1S/C11H21NO2/c13-11(9-3-5-12-6-4-9)10-2-1-7-14-8-10/h9-13H,1-8H2. The predicted molar refractivity (Wildman–Crippen MR) is 55.1 cm³/mol. The molecule has 2 aliphatic heterocycles. The maximum atomic E-state index is 10.2. The fourth-order valence-corrected chi connectivity index (χ4v) is 2.61. The molecule has 0 aliphatic carbocycles. The monoisotopic (exact) mass is 199 g/mol. The van der Waals surface area contributed by atoms with Crippen LogP contribution in [0.1, 0.15) is 25.7 Å². The van der Waals surface area contributed by atoms with Gasteiger partial charge < -0.3 is 15.2 Å². The van der Waals surface area contributed by atoms with E-state index in [4.69, 9.17) is 4.74 Å². The van der Waals surface area contributed by atoms with Gasteiger partial charge in [0.05, 0.1) is 12.7 Å². The number of hydrogen-bond acceptors (Lipinski definition) is 3. The number of nitrogens with one attached hydrogen (secondary N) is 1.